The summed E-state index contributed by atoms with van der Waals surface area (Å²) in [6, 6.07) is 1.90. The molecule has 1 aliphatic heterocycles. The molecule has 1 aliphatic rings. The molecule has 2 heterocycles. The Morgan fingerprint density at radius 2 is 2.21 bits per heavy atom. The van der Waals surface area contributed by atoms with Gasteiger partial charge < -0.3 is 20.3 Å². The average Bonchev–Trinajstić information content (AvgIpc) is 2.69. The SMILES string of the molecule is CC(C)n1cc(N)cc1C(=O)N1CCCC(C)(O)C1. The number of amides is 1. The van der Waals surface area contributed by atoms with Crippen molar-refractivity contribution in [2.45, 2.75) is 45.3 Å². The van der Waals surface area contributed by atoms with Crippen LogP contribution < -0.4 is 5.73 Å². The van der Waals surface area contributed by atoms with Crippen molar-refractivity contribution in [3.63, 3.8) is 0 Å². The molecule has 3 N–H and O–H groups in total. The second-order valence-corrected chi connectivity index (χ2v) is 5.99. The Morgan fingerprint density at radius 3 is 2.79 bits per heavy atom. The molecule has 5 heteroatoms. The van der Waals surface area contributed by atoms with E-state index < -0.39 is 5.60 Å². The molecule has 1 aromatic heterocycles. The molecule has 19 heavy (non-hydrogen) atoms. The molecule has 106 valence electrons. The topological polar surface area (TPSA) is 71.5 Å². The largest absolute Gasteiger partial charge is 0.397 e. The monoisotopic (exact) mass is 265 g/mol. The van der Waals surface area contributed by atoms with Gasteiger partial charge in [-0.3, -0.25) is 4.79 Å². The van der Waals surface area contributed by atoms with Gasteiger partial charge in [0, 0.05) is 25.3 Å². The first-order valence-electron chi connectivity index (χ1n) is 6.79. The van der Waals surface area contributed by atoms with E-state index in [0.29, 0.717) is 24.5 Å². The predicted molar refractivity (Wildman–Crippen MR) is 75.0 cm³/mol. The van der Waals surface area contributed by atoms with Crippen LogP contribution in [-0.2, 0) is 0 Å². The highest BCUT2D eigenvalue weighted by Gasteiger charge is 2.32. The van der Waals surface area contributed by atoms with Crippen molar-refractivity contribution >= 4 is 11.6 Å². The first-order valence-corrected chi connectivity index (χ1v) is 6.79. The Balaban J connectivity index is 2.24. The highest BCUT2D eigenvalue weighted by Crippen LogP contribution is 2.24. The number of hydrogen-bond donors (Lipinski definition) is 2. The molecule has 0 radical (unpaired) electrons. The van der Waals surface area contributed by atoms with E-state index in [9.17, 15) is 9.90 Å². The number of likely N-dealkylation sites (tertiary alicyclic amines) is 1. The molecule has 1 aromatic rings. The quantitative estimate of drug-likeness (QED) is 0.854. The van der Waals surface area contributed by atoms with Crippen molar-refractivity contribution in [3.8, 4) is 0 Å². The van der Waals surface area contributed by atoms with Crippen LogP contribution in [-0.4, -0.2) is 39.2 Å². The molecule has 5 nitrogen and oxygen atoms in total. The van der Waals surface area contributed by atoms with Crippen LogP contribution in [0.15, 0.2) is 12.3 Å². The Hall–Kier alpha value is -1.49. The van der Waals surface area contributed by atoms with Crippen molar-refractivity contribution in [2.75, 3.05) is 18.8 Å². The van der Waals surface area contributed by atoms with Gasteiger partial charge in [-0.2, -0.15) is 0 Å². The first kappa shape index (κ1) is 13.9. The minimum atomic E-state index is -0.783. The van der Waals surface area contributed by atoms with E-state index in [1.54, 1.807) is 24.1 Å². The van der Waals surface area contributed by atoms with Crippen LogP contribution in [0.3, 0.4) is 0 Å². The average molecular weight is 265 g/mol. The number of carbonyl (C=O) groups is 1. The van der Waals surface area contributed by atoms with Crippen molar-refractivity contribution < 1.29 is 9.90 Å². The molecule has 1 fully saturated rings. The summed E-state index contributed by atoms with van der Waals surface area (Å²) in [4.78, 5) is 14.3. The van der Waals surface area contributed by atoms with Gasteiger partial charge in [-0.25, -0.2) is 0 Å². The molecule has 1 saturated heterocycles. The van der Waals surface area contributed by atoms with Gasteiger partial charge in [0.2, 0.25) is 0 Å². The van der Waals surface area contributed by atoms with E-state index in [4.69, 9.17) is 5.73 Å². The molecule has 0 bridgehead atoms. The van der Waals surface area contributed by atoms with Gasteiger partial charge in [-0.15, -0.1) is 0 Å². The summed E-state index contributed by atoms with van der Waals surface area (Å²) in [7, 11) is 0. The van der Waals surface area contributed by atoms with E-state index in [0.717, 1.165) is 12.8 Å². The summed E-state index contributed by atoms with van der Waals surface area (Å²) < 4.78 is 1.89. The standard InChI is InChI=1S/C14H23N3O2/c1-10(2)17-8-11(15)7-12(17)13(18)16-6-4-5-14(3,19)9-16/h7-8,10,19H,4-6,9,15H2,1-3H3. The van der Waals surface area contributed by atoms with E-state index in [-0.39, 0.29) is 11.9 Å². The van der Waals surface area contributed by atoms with Gasteiger partial charge in [0.1, 0.15) is 5.69 Å². The van der Waals surface area contributed by atoms with Crippen molar-refractivity contribution in [3.05, 3.63) is 18.0 Å². The van der Waals surface area contributed by atoms with Crippen molar-refractivity contribution in [1.29, 1.82) is 0 Å². The van der Waals surface area contributed by atoms with E-state index in [1.807, 2.05) is 18.4 Å². The van der Waals surface area contributed by atoms with Crippen LogP contribution >= 0.6 is 0 Å². The lowest BCUT2D eigenvalue weighted by molar-refractivity contribution is -0.0111. The predicted octanol–water partition coefficient (Wildman–Crippen LogP) is 1.64. The second kappa shape index (κ2) is 4.89. The zero-order chi connectivity index (χ0) is 14.2. The zero-order valence-corrected chi connectivity index (χ0v) is 11.9. The number of hydrogen-bond acceptors (Lipinski definition) is 3. The maximum atomic E-state index is 12.6. The summed E-state index contributed by atoms with van der Waals surface area (Å²) >= 11 is 0. The summed E-state index contributed by atoms with van der Waals surface area (Å²) in [6.45, 7) is 6.89. The molecule has 1 amide bonds. The lowest BCUT2D eigenvalue weighted by Gasteiger charge is -2.37. The van der Waals surface area contributed by atoms with Crippen LogP contribution in [0.25, 0.3) is 0 Å². The maximum absolute atomic E-state index is 12.6. The van der Waals surface area contributed by atoms with Gasteiger partial charge in [0.15, 0.2) is 0 Å². The van der Waals surface area contributed by atoms with Gasteiger partial charge in [0.25, 0.3) is 5.91 Å². The summed E-state index contributed by atoms with van der Waals surface area (Å²) in [6.07, 6.45) is 3.36. The molecular formula is C14H23N3O2. The van der Waals surface area contributed by atoms with Crippen LogP contribution in [0.4, 0.5) is 5.69 Å². The fourth-order valence-corrected chi connectivity index (χ4v) is 2.65. The Bertz CT molecular complexity index is 477. The lowest BCUT2D eigenvalue weighted by atomic mass is 9.95. The minimum Gasteiger partial charge on any atom is -0.397 e. The van der Waals surface area contributed by atoms with Crippen LogP contribution in [0.2, 0.25) is 0 Å². The fourth-order valence-electron chi connectivity index (χ4n) is 2.65. The van der Waals surface area contributed by atoms with Crippen molar-refractivity contribution in [2.24, 2.45) is 0 Å². The van der Waals surface area contributed by atoms with Gasteiger partial charge >= 0.3 is 0 Å². The smallest absolute Gasteiger partial charge is 0.270 e. The van der Waals surface area contributed by atoms with Crippen molar-refractivity contribution in [1.82, 2.24) is 9.47 Å². The third-order valence-corrected chi connectivity index (χ3v) is 3.61. The first-order chi connectivity index (χ1) is 8.80. The number of piperidine rings is 1. The number of nitrogen functional groups attached to an aromatic ring is 1. The van der Waals surface area contributed by atoms with Crippen LogP contribution in [0, 0.1) is 0 Å². The van der Waals surface area contributed by atoms with E-state index in [1.165, 1.54) is 0 Å². The molecule has 1 unspecified atom stereocenters. The van der Waals surface area contributed by atoms with Crippen LogP contribution in [0.1, 0.15) is 50.1 Å². The summed E-state index contributed by atoms with van der Waals surface area (Å²) in [5, 5.41) is 10.1. The van der Waals surface area contributed by atoms with Gasteiger partial charge in [-0.1, -0.05) is 0 Å². The number of aromatic nitrogens is 1. The number of anilines is 1. The third kappa shape index (κ3) is 2.92. The lowest BCUT2D eigenvalue weighted by Crippen LogP contribution is -2.49. The molecule has 0 aromatic carbocycles. The molecule has 0 spiro atoms. The highest BCUT2D eigenvalue weighted by atomic mass is 16.3. The van der Waals surface area contributed by atoms with Crippen LogP contribution in [0.5, 0.6) is 0 Å². The number of nitrogens with two attached hydrogens (primary N) is 1. The van der Waals surface area contributed by atoms with Gasteiger partial charge in [-0.05, 0) is 39.7 Å². The van der Waals surface area contributed by atoms with E-state index >= 15 is 0 Å². The number of rotatable bonds is 2. The summed E-state index contributed by atoms with van der Waals surface area (Å²) in [5.74, 6) is -0.0506. The minimum absolute atomic E-state index is 0.0506. The molecule has 2 rings (SSSR count). The number of carbonyl (C=O) groups excluding carboxylic acids is 1. The normalized spacial score (nSPS) is 23.9. The Labute approximate surface area is 114 Å². The maximum Gasteiger partial charge on any atom is 0.270 e. The Morgan fingerprint density at radius 1 is 1.53 bits per heavy atom. The van der Waals surface area contributed by atoms with E-state index in [2.05, 4.69) is 0 Å². The Kier molecular flexibility index (Phi) is 3.58. The number of β-amino-alcohol motifs (C(OH)–C–C–N with tert-alkyl or cyclic N) is 1. The third-order valence-electron chi connectivity index (χ3n) is 3.61. The zero-order valence-electron chi connectivity index (χ0n) is 11.9. The van der Waals surface area contributed by atoms with Gasteiger partial charge in [0.05, 0.1) is 11.3 Å². The molecule has 0 saturated carbocycles. The number of aliphatic hydroxyl groups is 1. The molecular weight excluding hydrogens is 242 g/mol. The molecule has 0 aliphatic carbocycles. The molecule has 1 atom stereocenters. The summed E-state index contributed by atoms with van der Waals surface area (Å²) in [5.41, 5.74) is 6.21. The fraction of sp³-hybridized carbons (Fsp3) is 0.643. The second-order valence-electron chi connectivity index (χ2n) is 5.99. The highest BCUT2D eigenvalue weighted by molar-refractivity contribution is 5.94. The number of nitrogens with zero attached hydrogens (tertiary/aromatic N) is 2.